The summed E-state index contributed by atoms with van der Waals surface area (Å²) in [5.74, 6) is -0.384. The van der Waals surface area contributed by atoms with E-state index >= 15 is 0 Å². The van der Waals surface area contributed by atoms with Crippen molar-refractivity contribution >= 4 is 12.3 Å². The van der Waals surface area contributed by atoms with Crippen LogP contribution in [0.5, 0.6) is 5.88 Å². The standard InChI is InChI=1S/C16H13N3O3/c1-18-14(20)13(10-11-6-5-9-17-11)15(21)19(16(18)22)12-7-3-2-4-8-12/h2-10,20H,1H3. The Bertz CT molecular complexity index is 918. The van der Waals surface area contributed by atoms with Gasteiger partial charge >= 0.3 is 5.69 Å². The summed E-state index contributed by atoms with van der Waals surface area (Å²) >= 11 is 0. The van der Waals surface area contributed by atoms with Crippen molar-refractivity contribution in [2.45, 2.75) is 0 Å². The Kier molecular flexibility index (Phi) is 3.34. The highest BCUT2D eigenvalue weighted by molar-refractivity contribution is 5.79. The lowest BCUT2D eigenvalue weighted by Crippen LogP contribution is -2.38. The largest absolute Gasteiger partial charge is 0.494 e. The Balaban J connectivity index is 2.33. The molecule has 0 saturated heterocycles. The van der Waals surface area contributed by atoms with E-state index < -0.39 is 11.2 Å². The molecule has 22 heavy (non-hydrogen) atoms. The van der Waals surface area contributed by atoms with Gasteiger partial charge in [0.15, 0.2) is 0 Å². The quantitative estimate of drug-likeness (QED) is 0.905. The van der Waals surface area contributed by atoms with Gasteiger partial charge in [-0.25, -0.2) is 9.36 Å². The fourth-order valence-electron chi connectivity index (χ4n) is 2.20. The molecule has 0 bridgehead atoms. The van der Waals surface area contributed by atoms with Crippen LogP contribution in [0.15, 0.2) is 62.8 Å². The molecule has 3 rings (SSSR count). The Morgan fingerprint density at radius 3 is 2.55 bits per heavy atom. The Labute approximate surface area is 125 Å². The molecule has 1 aliphatic rings. The maximum atomic E-state index is 12.6. The van der Waals surface area contributed by atoms with Gasteiger partial charge in [0.05, 0.1) is 11.4 Å². The van der Waals surface area contributed by atoms with Gasteiger partial charge in [0.25, 0.3) is 5.56 Å². The molecule has 0 radical (unpaired) electrons. The smallest absolute Gasteiger partial charge is 0.338 e. The van der Waals surface area contributed by atoms with Crippen LogP contribution in [0, 0.1) is 0 Å². The highest BCUT2D eigenvalue weighted by atomic mass is 16.3. The number of nitrogens with zero attached hydrogens (tertiary/aromatic N) is 3. The van der Waals surface area contributed by atoms with E-state index in [0.717, 1.165) is 9.13 Å². The third kappa shape index (κ3) is 2.20. The Hall–Kier alpha value is -3.15. The molecule has 0 fully saturated rings. The molecule has 1 N–H and O–H groups in total. The predicted octanol–water partition coefficient (Wildman–Crippen LogP) is 1.22. The first-order valence-electron chi connectivity index (χ1n) is 6.62. The van der Waals surface area contributed by atoms with Crippen LogP contribution < -0.4 is 11.2 Å². The average molecular weight is 295 g/mol. The van der Waals surface area contributed by atoms with Crippen molar-refractivity contribution in [1.29, 1.82) is 0 Å². The number of benzene rings is 1. The van der Waals surface area contributed by atoms with E-state index in [1.807, 2.05) is 0 Å². The monoisotopic (exact) mass is 295 g/mol. The minimum atomic E-state index is -0.610. The van der Waals surface area contributed by atoms with Gasteiger partial charge in [0, 0.05) is 13.3 Å². The molecule has 2 heterocycles. The van der Waals surface area contributed by atoms with Crippen molar-refractivity contribution in [3.8, 4) is 11.6 Å². The summed E-state index contributed by atoms with van der Waals surface area (Å²) in [5, 5.41) is 10.1. The van der Waals surface area contributed by atoms with Crippen LogP contribution >= 0.6 is 0 Å². The topological polar surface area (TPSA) is 76.6 Å². The van der Waals surface area contributed by atoms with Crippen LogP contribution in [0.3, 0.4) is 0 Å². The molecular formula is C16H13N3O3. The van der Waals surface area contributed by atoms with E-state index in [-0.39, 0.29) is 11.4 Å². The number of rotatable bonds is 2. The molecule has 0 amide bonds. The van der Waals surface area contributed by atoms with Crippen molar-refractivity contribution in [3.63, 3.8) is 0 Å². The highest BCUT2D eigenvalue weighted by Gasteiger charge is 2.16. The predicted molar refractivity (Wildman–Crippen MR) is 84.6 cm³/mol. The Morgan fingerprint density at radius 2 is 1.91 bits per heavy atom. The minimum Gasteiger partial charge on any atom is -0.494 e. The van der Waals surface area contributed by atoms with Gasteiger partial charge < -0.3 is 5.11 Å². The van der Waals surface area contributed by atoms with Crippen LogP contribution in [0.4, 0.5) is 0 Å². The lowest BCUT2D eigenvalue weighted by Gasteiger charge is -2.11. The molecule has 1 aromatic heterocycles. The molecule has 2 aromatic rings. The van der Waals surface area contributed by atoms with Gasteiger partial charge in [-0.2, -0.15) is 0 Å². The molecule has 0 unspecified atom stereocenters. The summed E-state index contributed by atoms with van der Waals surface area (Å²) in [6.07, 6.45) is 6.47. The van der Waals surface area contributed by atoms with E-state index in [1.165, 1.54) is 13.1 Å². The van der Waals surface area contributed by atoms with Crippen molar-refractivity contribution in [2.75, 3.05) is 0 Å². The molecule has 6 nitrogen and oxygen atoms in total. The van der Waals surface area contributed by atoms with Crippen LogP contribution in [0.2, 0.25) is 0 Å². The fourth-order valence-corrected chi connectivity index (χ4v) is 2.20. The van der Waals surface area contributed by atoms with E-state index in [4.69, 9.17) is 0 Å². The van der Waals surface area contributed by atoms with E-state index in [0.29, 0.717) is 11.4 Å². The first-order chi connectivity index (χ1) is 10.6. The lowest BCUT2D eigenvalue weighted by molar-refractivity contribution is 0.413. The van der Waals surface area contributed by atoms with Crippen molar-refractivity contribution in [1.82, 2.24) is 9.13 Å². The summed E-state index contributed by atoms with van der Waals surface area (Å²) < 4.78 is 2.05. The molecule has 6 heteroatoms. The second kappa shape index (κ2) is 5.33. The summed E-state index contributed by atoms with van der Waals surface area (Å²) in [6, 6.07) is 8.57. The van der Waals surface area contributed by atoms with Gasteiger partial charge in [-0.05, 0) is 30.4 Å². The van der Waals surface area contributed by atoms with Gasteiger partial charge in [-0.3, -0.25) is 14.4 Å². The molecule has 0 aliphatic carbocycles. The summed E-state index contributed by atoms with van der Waals surface area (Å²) in [7, 11) is 1.41. The van der Waals surface area contributed by atoms with Crippen molar-refractivity contribution in [3.05, 3.63) is 74.6 Å². The zero-order chi connectivity index (χ0) is 15.7. The fraction of sp³-hybridized carbons (Fsp3) is 0.0625. The maximum Gasteiger partial charge on any atom is 0.338 e. The molecule has 1 aromatic carbocycles. The first kappa shape index (κ1) is 13.8. The zero-order valence-corrected chi connectivity index (χ0v) is 11.8. The van der Waals surface area contributed by atoms with Crippen LogP contribution in [0.25, 0.3) is 11.8 Å². The number of aromatic hydroxyl groups is 1. The molecule has 0 spiro atoms. The second-order valence-electron chi connectivity index (χ2n) is 4.76. The number of hydrogen-bond donors (Lipinski definition) is 1. The van der Waals surface area contributed by atoms with Crippen LogP contribution in [-0.4, -0.2) is 20.5 Å². The first-order valence-corrected chi connectivity index (χ1v) is 6.62. The highest BCUT2D eigenvalue weighted by Crippen LogP contribution is 2.17. The van der Waals surface area contributed by atoms with Crippen LogP contribution in [-0.2, 0) is 7.05 Å². The average Bonchev–Trinajstić information content (AvgIpc) is 3.04. The lowest BCUT2D eigenvalue weighted by atomic mass is 10.2. The van der Waals surface area contributed by atoms with Gasteiger partial charge in [-0.1, -0.05) is 18.2 Å². The number of aromatic nitrogens is 2. The normalized spacial score (nSPS) is 14.9. The van der Waals surface area contributed by atoms with Crippen molar-refractivity contribution < 1.29 is 5.11 Å². The second-order valence-corrected chi connectivity index (χ2v) is 4.76. The molecule has 0 saturated carbocycles. The van der Waals surface area contributed by atoms with Crippen LogP contribution in [0.1, 0.15) is 5.56 Å². The summed E-state index contributed by atoms with van der Waals surface area (Å²) in [6.45, 7) is 0. The van der Waals surface area contributed by atoms with E-state index in [1.54, 1.807) is 48.7 Å². The summed E-state index contributed by atoms with van der Waals surface area (Å²) in [4.78, 5) is 29.0. The summed E-state index contributed by atoms with van der Waals surface area (Å²) in [5.41, 5.74) is -0.204. The van der Waals surface area contributed by atoms with Gasteiger partial charge in [0.2, 0.25) is 5.88 Å². The molecule has 0 atom stereocenters. The van der Waals surface area contributed by atoms with E-state index in [9.17, 15) is 14.7 Å². The molecule has 1 aliphatic heterocycles. The number of aliphatic imine (C=N–C) groups is 1. The van der Waals surface area contributed by atoms with E-state index in [2.05, 4.69) is 4.99 Å². The molecule has 110 valence electrons. The number of para-hydroxylation sites is 1. The third-order valence-electron chi connectivity index (χ3n) is 3.35. The van der Waals surface area contributed by atoms with Gasteiger partial charge in [-0.15, -0.1) is 0 Å². The van der Waals surface area contributed by atoms with Crippen molar-refractivity contribution in [2.24, 2.45) is 12.0 Å². The molecular weight excluding hydrogens is 282 g/mol. The maximum absolute atomic E-state index is 12.6. The minimum absolute atomic E-state index is 0.0182. The SMILES string of the molecule is Cn1c(O)c(C=C2C=CC=N2)c(=O)n(-c2ccccc2)c1=O. The number of hydrogen-bond acceptors (Lipinski definition) is 4. The Morgan fingerprint density at radius 1 is 1.18 bits per heavy atom. The third-order valence-corrected chi connectivity index (χ3v) is 3.35. The number of allylic oxidation sites excluding steroid dienone is 2. The zero-order valence-electron chi connectivity index (χ0n) is 11.8. The van der Waals surface area contributed by atoms with Gasteiger partial charge in [0.1, 0.15) is 5.56 Å².